The molecular formula is C23H27NO3. The first kappa shape index (κ1) is 19.3. The van der Waals surface area contributed by atoms with Crippen molar-refractivity contribution in [1.29, 1.82) is 0 Å². The van der Waals surface area contributed by atoms with Gasteiger partial charge >= 0.3 is 0 Å². The van der Waals surface area contributed by atoms with E-state index in [1.165, 1.54) is 11.1 Å². The predicted octanol–water partition coefficient (Wildman–Crippen LogP) is 4.07. The number of oxime groups is 1. The fourth-order valence-electron chi connectivity index (χ4n) is 3.48. The van der Waals surface area contributed by atoms with E-state index in [9.17, 15) is 4.79 Å². The Bertz CT molecular complexity index is 748. The van der Waals surface area contributed by atoms with Gasteiger partial charge in [0, 0.05) is 17.5 Å². The average molecular weight is 365 g/mol. The number of carbonyl (C=O) groups excluding carboxylic acids is 1. The van der Waals surface area contributed by atoms with Gasteiger partial charge in [-0.25, -0.2) is 0 Å². The molecule has 2 aromatic rings. The third-order valence-electron chi connectivity index (χ3n) is 4.98. The second-order valence-electron chi connectivity index (χ2n) is 6.95. The highest BCUT2D eigenvalue weighted by atomic mass is 16.6. The van der Waals surface area contributed by atoms with Crippen LogP contribution in [-0.4, -0.2) is 29.8 Å². The number of hydrogen-bond donors (Lipinski definition) is 1. The van der Waals surface area contributed by atoms with E-state index in [-0.39, 0.29) is 12.4 Å². The van der Waals surface area contributed by atoms with Crippen LogP contribution >= 0.6 is 0 Å². The van der Waals surface area contributed by atoms with Gasteiger partial charge in [0.1, 0.15) is 18.9 Å². The molecule has 3 rings (SSSR count). The van der Waals surface area contributed by atoms with Crippen LogP contribution in [0.5, 0.6) is 0 Å². The van der Waals surface area contributed by atoms with Crippen molar-refractivity contribution in [3.05, 3.63) is 70.8 Å². The largest absolute Gasteiger partial charge is 0.395 e. The van der Waals surface area contributed by atoms with E-state index in [0.29, 0.717) is 13.0 Å². The Balaban J connectivity index is 1.59. The molecule has 0 atom stereocenters. The normalized spacial score (nSPS) is 12.7. The fraction of sp³-hybridized carbons (Fsp3) is 0.391. The molecule has 0 saturated carbocycles. The molecule has 1 N–H and O–H groups in total. The van der Waals surface area contributed by atoms with Crippen LogP contribution in [0.3, 0.4) is 0 Å². The minimum atomic E-state index is -0.344. The summed E-state index contributed by atoms with van der Waals surface area (Å²) in [7, 11) is 0. The Hall–Kier alpha value is -2.46. The lowest BCUT2D eigenvalue weighted by atomic mass is 9.98. The fourth-order valence-corrected chi connectivity index (χ4v) is 3.48. The molecule has 0 heterocycles. The third-order valence-corrected chi connectivity index (χ3v) is 4.98. The van der Waals surface area contributed by atoms with Gasteiger partial charge in [-0.1, -0.05) is 60.1 Å². The lowest BCUT2D eigenvalue weighted by Crippen LogP contribution is -2.07. The first-order chi connectivity index (χ1) is 13.3. The molecule has 2 aromatic carbocycles. The van der Waals surface area contributed by atoms with Gasteiger partial charge in [-0.05, 0) is 43.2 Å². The molecular weight excluding hydrogens is 338 g/mol. The minimum absolute atomic E-state index is 0.0802. The van der Waals surface area contributed by atoms with Gasteiger partial charge < -0.3 is 9.94 Å². The first-order valence-electron chi connectivity index (χ1n) is 9.78. The number of unbranched alkanes of at least 4 members (excludes halogenated alkanes) is 3. The maximum atomic E-state index is 11.1. The van der Waals surface area contributed by atoms with E-state index in [1.807, 2.05) is 0 Å². The summed E-state index contributed by atoms with van der Waals surface area (Å²) in [6.45, 7) is 0.228. The molecule has 0 amide bonds. The zero-order chi connectivity index (χ0) is 18.9. The second-order valence-corrected chi connectivity index (χ2v) is 6.95. The SMILES string of the molecule is O=C(CO)CCCCCCON=C1c2ccccc2CCc2ccccc21. The highest BCUT2D eigenvalue weighted by molar-refractivity contribution is 6.14. The molecule has 4 heteroatoms. The van der Waals surface area contributed by atoms with Crippen LogP contribution in [0.2, 0.25) is 0 Å². The second kappa shape index (κ2) is 10.0. The van der Waals surface area contributed by atoms with Gasteiger partial charge in [-0.3, -0.25) is 4.79 Å². The standard InChI is InChI=1S/C23H27NO3/c25-17-20(26)11-3-1-2-8-16-27-24-23-21-12-6-4-9-18(21)14-15-19-10-5-7-13-22(19)23/h4-7,9-10,12-13,25H,1-3,8,11,14-17H2. The molecule has 4 nitrogen and oxygen atoms in total. The summed E-state index contributed by atoms with van der Waals surface area (Å²) in [5, 5.41) is 13.2. The molecule has 1 aliphatic rings. The molecule has 0 radical (unpaired) electrons. The van der Waals surface area contributed by atoms with Gasteiger partial charge in [0.25, 0.3) is 0 Å². The summed E-state index contributed by atoms with van der Waals surface area (Å²) in [6, 6.07) is 16.8. The van der Waals surface area contributed by atoms with Crippen molar-refractivity contribution in [1.82, 2.24) is 0 Å². The summed E-state index contributed by atoms with van der Waals surface area (Å²) in [6.07, 6.45) is 6.20. The van der Waals surface area contributed by atoms with Gasteiger partial charge in [-0.15, -0.1) is 0 Å². The summed E-state index contributed by atoms with van der Waals surface area (Å²) >= 11 is 0. The molecule has 0 bridgehead atoms. The zero-order valence-electron chi connectivity index (χ0n) is 15.7. The molecule has 0 saturated heterocycles. The van der Waals surface area contributed by atoms with E-state index >= 15 is 0 Å². The van der Waals surface area contributed by atoms with Crippen LogP contribution in [0, 0.1) is 0 Å². The molecule has 0 spiro atoms. The van der Waals surface area contributed by atoms with Crippen LogP contribution < -0.4 is 0 Å². The minimum Gasteiger partial charge on any atom is -0.395 e. The smallest absolute Gasteiger partial charge is 0.158 e. The number of aliphatic hydroxyl groups excluding tert-OH is 1. The number of aliphatic hydroxyl groups is 1. The van der Waals surface area contributed by atoms with E-state index in [0.717, 1.165) is 55.4 Å². The molecule has 0 fully saturated rings. The molecule has 0 unspecified atom stereocenters. The number of nitrogens with zero attached hydrogens (tertiary/aromatic N) is 1. The van der Waals surface area contributed by atoms with Crippen molar-refractivity contribution in [3.63, 3.8) is 0 Å². The van der Waals surface area contributed by atoms with Crippen molar-refractivity contribution in [2.24, 2.45) is 5.16 Å². The first-order valence-corrected chi connectivity index (χ1v) is 9.78. The third kappa shape index (κ3) is 5.27. The Kier molecular flexibility index (Phi) is 7.17. The number of carbonyl (C=O) groups is 1. The maximum absolute atomic E-state index is 11.1. The average Bonchev–Trinajstić information content (AvgIpc) is 2.87. The number of fused-ring (bicyclic) bond motifs is 2. The highest BCUT2D eigenvalue weighted by Crippen LogP contribution is 2.25. The highest BCUT2D eigenvalue weighted by Gasteiger charge is 2.19. The Morgan fingerprint density at radius 1 is 0.889 bits per heavy atom. The van der Waals surface area contributed by atoms with E-state index in [4.69, 9.17) is 9.94 Å². The lowest BCUT2D eigenvalue weighted by molar-refractivity contribution is -0.121. The predicted molar refractivity (Wildman–Crippen MR) is 107 cm³/mol. The van der Waals surface area contributed by atoms with Crippen LogP contribution in [-0.2, 0) is 22.5 Å². The maximum Gasteiger partial charge on any atom is 0.158 e. The van der Waals surface area contributed by atoms with E-state index in [1.54, 1.807) is 0 Å². The lowest BCUT2D eigenvalue weighted by Gasteiger charge is -2.10. The van der Waals surface area contributed by atoms with Crippen molar-refractivity contribution < 1.29 is 14.7 Å². The molecule has 27 heavy (non-hydrogen) atoms. The van der Waals surface area contributed by atoms with Gasteiger partial charge in [0.15, 0.2) is 5.78 Å². The number of aryl methyl sites for hydroxylation is 2. The van der Waals surface area contributed by atoms with E-state index in [2.05, 4.69) is 53.7 Å². The van der Waals surface area contributed by atoms with Crippen molar-refractivity contribution in [2.75, 3.05) is 13.2 Å². The molecule has 142 valence electrons. The molecule has 1 aliphatic carbocycles. The summed E-state index contributed by atoms with van der Waals surface area (Å²) < 4.78 is 0. The van der Waals surface area contributed by atoms with Crippen LogP contribution in [0.1, 0.15) is 54.4 Å². The Morgan fingerprint density at radius 3 is 2.11 bits per heavy atom. The van der Waals surface area contributed by atoms with Crippen molar-refractivity contribution in [2.45, 2.75) is 44.9 Å². The number of rotatable bonds is 9. The zero-order valence-corrected chi connectivity index (χ0v) is 15.7. The number of ketones is 1. The Morgan fingerprint density at radius 2 is 1.48 bits per heavy atom. The summed E-state index contributed by atoms with van der Waals surface area (Å²) in [5.74, 6) is -0.0802. The number of benzene rings is 2. The van der Waals surface area contributed by atoms with Crippen LogP contribution in [0.25, 0.3) is 0 Å². The van der Waals surface area contributed by atoms with Crippen LogP contribution in [0.15, 0.2) is 53.7 Å². The van der Waals surface area contributed by atoms with E-state index < -0.39 is 0 Å². The van der Waals surface area contributed by atoms with Crippen molar-refractivity contribution >= 4 is 11.5 Å². The number of hydrogen-bond acceptors (Lipinski definition) is 4. The topological polar surface area (TPSA) is 58.9 Å². The summed E-state index contributed by atoms with van der Waals surface area (Å²) in [4.78, 5) is 16.7. The quantitative estimate of drug-likeness (QED) is 0.538. The van der Waals surface area contributed by atoms with Gasteiger partial charge in [-0.2, -0.15) is 0 Å². The molecule has 0 aliphatic heterocycles. The van der Waals surface area contributed by atoms with Crippen LogP contribution in [0.4, 0.5) is 0 Å². The Labute approximate surface area is 160 Å². The number of Topliss-reactive ketones (excluding diaryl/α,β-unsaturated/α-hetero) is 1. The van der Waals surface area contributed by atoms with Gasteiger partial charge in [0.2, 0.25) is 0 Å². The van der Waals surface area contributed by atoms with Gasteiger partial charge in [0.05, 0.1) is 0 Å². The summed E-state index contributed by atoms with van der Waals surface area (Å²) in [5.41, 5.74) is 5.86. The van der Waals surface area contributed by atoms with Crippen molar-refractivity contribution in [3.8, 4) is 0 Å². The monoisotopic (exact) mass is 365 g/mol. The molecule has 0 aromatic heterocycles.